The van der Waals surface area contributed by atoms with E-state index in [1.165, 1.54) is 0 Å². The summed E-state index contributed by atoms with van der Waals surface area (Å²) in [6.07, 6.45) is 0. The van der Waals surface area contributed by atoms with Gasteiger partial charge in [-0.2, -0.15) is 0 Å². The normalized spacial score (nSPS) is 12.2. The van der Waals surface area contributed by atoms with Crippen molar-refractivity contribution in [2.75, 3.05) is 14.2 Å². The zero-order chi connectivity index (χ0) is 15.2. The molecule has 0 fully saturated rings. The van der Waals surface area contributed by atoms with Crippen molar-refractivity contribution in [2.24, 2.45) is 5.73 Å². The second-order valence-electron chi connectivity index (χ2n) is 4.71. The molecule has 114 valence electrons. The third-order valence-corrected chi connectivity index (χ3v) is 2.98. The van der Waals surface area contributed by atoms with Crippen molar-refractivity contribution in [1.29, 1.82) is 0 Å². The molecule has 0 aliphatic rings. The molecule has 0 radical (unpaired) electrons. The molecule has 0 spiro atoms. The number of nitrogens with zero attached hydrogens (tertiary/aromatic N) is 1. The average molecular weight is 292 g/mol. The third-order valence-electron chi connectivity index (χ3n) is 2.98. The molecule has 0 bridgehead atoms. The van der Waals surface area contributed by atoms with Crippen LogP contribution in [-0.4, -0.2) is 19.4 Å². The van der Waals surface area contributed by atoms with E-state index in [2.05, 4.69) is 5.16 Å². The lowest BCUT2D eigenvalue weighted by Crippen LogP contribution is -2.05. The Morgan fingerprint density at radius 1 is 1.19 bits per heavy atom. The van der Waals surface area contributed by atoms with Crippen LogP contribution in [0.3, 0.4) is 0 Å². The van der Waals surface area contributed by atoms with E-state index in [-0.39, 0.29) is 6.04 Å². The highest BCUT2D eigenvalue weighted by atomic mass is 16.5. The molecule has 1 aromatic carbocycles. The molecule has 2 N–H and O–H groups in total. The van der Waals surface area contributed by atoms with E-state index >= 15 is 0 Å². The second kappa shape index (κ2) is 7.10. The third kappa shape index (κ3) is 3.96. The van der Waals surface area contributed by atoms with Crippen LogP contribution in [0, 0.1) is 0 Å². The summed E-state index contributed by atoms with van der Waals surface area (Å²) in [7, 11) is 3.20. The molecule has 1 heterocycles. The fourth-order valence-electron chi connectivity index (χ4n) is 1.87. The highest BCUT2D eigenvalue weighted by molar-refractivity contribution is 5.43. The van der Waals surface area contributed by atoms with Crippen LogP contribution in [0.1, 0.15) is 30.0 Å². The van der Waals surface area contributed by atoms with Crippen molar-refractivity contribution in [2.45, 2.75) is 26.2 Å². The average Bonchev–Trinajstić information content (AvgIpc) is 2.93. The number of methoxy groups -OCH3 is 2. The summed E-state index contributed by atoms with van der Waals surface area (Å²) in [5.41, 5.74) is 7.54. The molecular weight excluding hydrogens is 272 g/mol. The number of aromatic nitrogens is 1. The van der Waals surface area contributed by atoms with Gasteiger partial charge in [-0.1, -0.05) is 11.2 Å². The highest BCUT2D eigenvalue weighted by Gasteiger charge is 2.10. The summed E-state index contributed by atoms with van der Waals surface area (Å²) in [5.74, 6) is 1.94. The van der Waals surface area contributed by atoms with Crippen molar-refractivity contribution in [1.82, 2.24) is 5.16 Å². The van der Waals surface area contributed by atoms with Gasteiger partial charge in [0.15, 0.2) is 17.3 Å². The predicted octanol–water partition coefficient (Wildman–Crippen LogP) is 2.43. The van der Waals surface area contributed by atoms with Gasteiger partial charge in [-0.3, -0.25) is 0 Å². The van der Waals surface area contributed by atoms with Gasteiger partial charge in [-0.25, -0.2) is 0 Å². The molecule has 2 aromatic rings. The van der Waals surface area contributed by atoms with Crippen LogP contribution in [0.4, 0.5) is 0 Å². The minimum atomic E-state index is -0.0555. The molecule has 1 unspecified atom stereocenters. The lowest BCUT2D eigenvalue weighted by Gasteiger charge is -2.12. The lowest BCUT2D eigenvalue weighted by atomic mass is 10.1. The fourth-order valence-corrected chi connectivity index (χ4v) is 1.87. The summed E-state index contributed by atoms with van der Waals surface area (Å²) in [4.78, 5) is 0. The largest absolute Gasteiger partial charge is 0.493 e. The van der Waals surface area contributed by atoms with Crippen molar-refractivity contribution in [3.8, 4) is 11.5 Å². The van der Waals surface area contributed by atoms with Crippen LogP contribution in [0.5, 0.6) is 11.5 Å². The van der Waals surface area contributed by atoms with Crippen molar-refractivity contribution >= 4 is 0 Å². The fraction of sp³-hybridized carbons (Fsp3) is 0.400. The molecule has 0 saturated carbocycles. The van der Waals surface area contributed by atoms with Gasteiger partial charge >= 0.3 is 0 Å². The molecule has 0 saturated heterocycles. The van der Waals surface area contributed by atoms with Gasteiger partial charge in [-0.15, -0.1) is 0 Å². The van der Waals surface area contributed by atoms with E-state index in [0.29, 0.717) is 36.2 Å². The Bertz CT molecular complexity index is 581. The number of ether oxygens (including phenoxy) is 3. The number of nitrogens with two attached hydrogens (primary N) is 1. The van der Waals surface area contributed by atoms with Crippen LogP contribution >= 0.6 is 0 Å². The van der Waals surface area contributed by atoms with E-state index in [1.54, 1.807) is 20.3 Å². The maximum Gasteiger partial charge on any atom is 0.162 e. The van der Waals surface area contributed by atoms with Gasteiger partial charge in [-0.05, 0) is 24.6 Å². The summed E-state index contributed by atoms with van der Waals surface area (Å²) in [6, 6.07) is 7.38. The van der Waals surface area contributed by atoms with Gasteiger partial charge in [0, 0.05) is 19.2 Å². The first-order chi connectivity index (χ1) is 10.1. The maximum absolute atomic E-state index is 5.85. The van der Waals surface area contributed by atoms with Crippen molar-refractivity contribution in [3.63, 3.8) is 0 Å². The van der Waals surface area contributed by atoms with Gasteiger partial charge in [0.25, 0.3) is 0 Å². The lowest BCUT2D eigenvalue weighted by molar-refractivity contribution is 0.155. The number of benzene rings is 1. The van der Waals surface area contributed by atoms with Crippen LogP contribution in [0.2, 0.25) is 0 Å². The Labute approximate surface area is 123 Å². The summed E-state index contributed by atoms with van der Waals surface area (Å²) in [6.45, 7) is 2.60. The first-order valence-electron chi connectivity index (χ1n) is 6.63. The first-order valence-corrected chi connectivity index (χ1v) is 6.63. The SMILES string of the molecule is COCc1cc(COc2ccc(C(C)N)cc2OC)no1. The molecular formula is C15H20N2O4. The molecule has 2 rings (SSSR count). The molecule has 1 aromatic heterocycles. The van der Waals surface area contributed by atoms with Crippen LogP contribution in [0.15, 0.2) is 28.8 Å². The summed E-state index contributed by atoms with van der Waals surface area (Å²) in [5, 5.41) is 3.91. The van der Waals surface area contributed by atoms with Crippen LogP contribution in [-0.2, 0) is 18.0 Å². The molecule has 6 nitrogen and oxygen atoms in total. The van der Waals surface area contributed by atoms with E-state index in [4.69, 9.17) is 24.5 Å². The minimum Gasteiger partial charge on any atom is -0.493 e. The monoisotopic (exact) mass is 292 g/mol. The first kappa shape index (κ1) is 15.3. The number of hydrogen-bond donors (Lipinski definition) is 1. The summed E-state index contributed by atoms with van der Waals surface area (Å²) < 4.78 is 21.1. The smallest absolute Gasteiger partial charge is 0.162 e. The molecule has 0 aliphatic carbocycles. The zero-order valence-corrected chi connectivity index (χ0v) is 12.5. The Hall–Kier alpha value is -2.05. The van der Waals surface area contributed by atoms with Crippen molar-refractivity contribution < 1.29 is 18.7 Å². The molecule has 6 heteroatoms. The van der Waals surface area contributed by atoms with Crippen LogP contribution in [0.25, 0.3) is 0 Å². The Morgan fingerprint density at radius 3 is 2.67 bits per heavy atom. The van der Waals surface area contributed by atoms with Gasteiger partial charge < -0.3 is 24.5 Å². The molecule has 21 heavy (non-hydrogen) atoms. The van der Waals surface area contributed by atoms with Crippen LogP contribution < -0.4 is 15.2 Å². The predicted molar refractivity (Wildman–Crippen MR) is 77.1 cm³/mol. The van der Waals surface area contributed by atoms with Gasteiger partial charge in [0.05, 0.1) is 7.11 Å². The standard InChI is InChI=1S/C15H20N2O4/c1-10(16)11-4-5-14(15(6-11)19-3)20-8-12-7-13(9-18-2)21-17-12/h4-7,10H,8-9,16H2,1-3H3. The van der Waals surface area contributed by atoms with Gasteiger partial charge in [0.1, 0.15) is 18.9 Å². The van der Waals surface area contributed by atoms with Gasteiger partial charge in [0.2, 0.25) is 0 Å². The topological polar surface area (TPSA) is 79.7 Å². The Balaban J connectivity index is 2.04. The number of hydrogen-bond acceptors (Lipinski definition) is 6. The van der Waals surface area contributed by atoms with E-state index in [1.807, 2.05) is 25.1 Å². The molecule has 1 atom stereocenters. The Kier molecular flexibility index (Phi) is 5.19. The second-order valence-corrected chi connectivity index (χ2v) is 4.71. The number of rotatable bonds is 7. The maximum atomic E-state index is 5.85. The molecule has 0 amide bonds. The van der Waals surface area contributed by atoms with E-state index < -0.39 is 0 Å². The minimum absolute atomic E-state index is 0.0555. The van der Waals surface area contributed by atoms with E-state index in [0.717, 1.165) is 5.56 Å². The van der Waals surface area contributed by atoms with E-state index in [9.17, 15) is 0 Å². The quantitative estimate of drug-likeness (QED) is 0.844. The van der Waals surface area contributed by atoms with Crippen molar-refractivity contribution in [3.05, 3.63) is 41.3 Å². The molecule has 0 aliphatic heterocycles. The summed E-state index contributed by atoms with van der Waals surface area (Å²) >= 11 is 0. The zero-order valence-electron chi connectivity index (χ0n) is 12.5. The Morgan fingerprint density at radius 2 is 2.00 bits per heavy atom. The highest BCUT2D eigenvalue weighted by Crippen LogP contribution is 2.30.